The molecule has 33 heavy (non-hydrogen) atoms. The summed E-state index contributed by atoms with van der Waals surface area (Å²) in [7, 11) is 0. The van der Waals surface area contributed by atoms with Gasteiger partial charge in [-0.25, -0.2) is 14.8 Å². The first-order valence-corrected chi connectivity index (χ1v) is 11.2. The van der Waals surface area contributed by atoms with Gasteiger partial charge in [-0.2, -0.15) is 0 Å². The number of carboxylic acids is 1. The van der Waals surface area contributed by atoms with Crippen LogP contribution in [0.4, 0.5) is 0 Å². The number of carboxylic acid groups (broad SMARTS) is 1. The second kappa shape index (κ2) is 8.67. The van der Waals surface area contributed by atoms with Gasteiger partial charge < -0.3 is 5.11 Å². The van der Waals surface area contributed by atoms with Gasteiger partial charge in [-0.1, -0.05) is 57.9 Å². The molecule has 0 fully saturated rings. The highest BCUT2D eigenvalue weighted by Crippen LogP contribution is 2.46. The van der Waals surface area contributed by atoms with E-state index in [1.54, 1.807) is 30.6 Å². The van der Waals surface area contributed by atoms with Crippen molar-refractivity contribution in [2.75, 3.05) is 0 Å². The lowest BCUT2D eigenvalue weighted by Crippen LogP contribution is -2.34. The molecule has 0 atom stereocenters. The lowest BCUT2D eigenvalue weighted by atomic mass is 9.62. The molecule has 1 aliphatic carbocycles. The quantitative estimate of drug-likeness (QED) is 0.398. The largest absolute Gasteiger partial charge is 0.478 e. The molecule has 1 N–H and O–H groups in total. The third-order valence-electron chi connectivity index (χ3n) is 6.51. The van der Waals surface area contributed by atoms with Crippen molar-refractivity contribution >= 4 is 18.1 Å². The molecule has 0 aliphatic heterocycles. The summed E-state index contributed by atoms with van der Waals surface area (Å²) in [6.45, 7) is 9.22. The maximum atomic E-state index is 11.1. The zero-order valence-corrected chi connectivity index (χ0v) is 19.5. The number of hydrogen-bond donors (Lipinski definition) is 1. The minimum absolute atomic E-state index is 0.0828. The third kappa shape index (κ3) is 4.88. The summed E-state index contributed by atoms with van der Waals surface area (Å²) < 4.78 is 0. The van der Waals surface area contributed by atoms with Crippen molar-refractivity contribution in [3.8, 4) is 11.8 Å². The summed E-state index contributed by atoms with van der Waals surface area (Å²) >= 11 is 0. The van der Waals surface area contributed by atoms with Crippen LogP contribution in [0.15, 0.2) is 54.9 Å². The SMILES string of the molecule is CC1(C)CCC(C)(C)c2cc(C=Cc3ccc(C(=O)O)cc3)c(C#Cc3ncccn3)cc21. The Morgan fingerprint density at radius 1 is 0.909 bits per heavy atom. The number of nitrogens with zero attached hydrogens (tertiary/aromatic N) is 2. The van der Waals surface area contributed by atoms with Gasteiger partial charge in [-0.15, -0.1) is 0 Å². The lowest BCUT2D eigenvalue weighted by molar-refractivity contribution is 0.0697. The van der Waals surface area contributed by atoms with E-state index in [2.05, 4.69) is 67.7 Å². The molecule has 0 bridgehead atoms. The van der Waals surface area contributed by atoms with E-state index in [1.165, 1.54) is 11.1 Å². The van der Waals surface area contributed by atoms with Gasteiger partial charge in [-0.3, -0.25) is 0 Å². The van der Waals surface area contributed by atoms with E-state index >= 15 is 0 Å². The Bertz CT molecular complexity index is 1270. The van der Waals surface area contributed by atoms with Crippen molar-refractivity contribution in [1.82, 2.24) is 9.97 Å². The Kier molecular flexibility index (Phi) is 5.91. The zero-order chi connectivity index (χ0) is 23.6. The Morgan fingerprint density at radius 2 is 1.52 bits per heavy atom. The molecular formula is C29H28N2O2. The number of fused-ring (bicyclic) bond motifs is 1. The first-order valence-electron chi connectivity index (χ1n) is 11.2. The van der Waals surface area contributed by atoms with Gasteiger partial charge in [0.05, 0.1) is 5.56 Å². The molecule has 0 saturated heterocycles. The van der Waals surface area contributed by atoms with E-state index in [1.807, 2.05) is 18.2 Å². The average molecular weight is 437 g/mol. The van der Waals surface area contributed by atoms with Gasteiger partial charge >= 0.3 is 5.97 Å². The molecule has 0 radical (unpaired) electrons. The molecule has 3 aromatic rings. The first-order chi connectivity index (χ1) is 15.7. The number of carbonyl (C=O) groups is 1. The van der Waals surface area contributed by atoms with Crippen molar-refractivity contribution in [3.05, 3.63) is 94.1 Å². The molecule has 4 nitrogen and oxygen atoms in total. The maximum Gasteiger partial charge on any atom is 0.335 e. The predicted molar refractivity (Wildman–Crippen MR) is 132 cm³/mol. The van der Waals surface area contributed by atoms with E-state index in [0.717, 1.165) is 29.5 Å². The summed E-state index contributed by atoms with van der Waals surface area (Å²) in [5.74, 6) is 5.97. The standard InChI is InChI=1S/C29H28N2O2/c1-28(2)14-15-29(3,4)25-19-23(12-13-26-30-16-5-17-31-26)22(18-24(25)28)11-8-20-6-9-21(10-7-20)27(32)33/h5-11,16-19H,14-15H2,1-4H3,(H,32,33). The van der Waals surface area contributed by atoms with Crippen LogP contribution in [0.25, 0.3) is 12.2 Å². The molecule has 0 unspecified atom stereocenters. The van der Waals surface area contributed by atoms with E-state index in [9.17, 15) is 4.79 Å². The molecule has 1 heterocycles. The monoisotopic (exact) mass is 436 g/mol. The predicted octanol–water partition coefficient (Wildman–Crippen LogP) is 6.09. The first kappa shape index (κ1) is 22.5. The highest BCUT2D eigenvalue weighted by atomic mass is 16.4. The van der Waals surface area contributed by atoms with Crippen LogP contribution < -0.4 is 0 Å². The summed E-state index contributed by atoms with van der Waals surface area (Å²) in [6, 6.07) is 13.1. The number of rotatable bonds is 3. The zero-order valence-electron chi connectivity index (χ0n) is 19.5. The Labute approximate surface area is 195 Å². The van der Waals surface area contributed by atoms with Crippen LogP contribution in [0.3, 0.4) is 0 Å². The molecule has 4 rings (SSSR count). The van der Waals surface area contributed by atoms with E-state index in [-0.39, 0.29) is 16.4 Å². The molecule has 166 valence electrons. The molecule has 0 amide bonds. The van der Waals surface area contributed by atoms with Crippen LogP contribution in [0.2, 0.25) is 0 Å². The molecule has 1 aliphatic rings. The molecular weight excluding hydrogens is 408 g/mol. The highest BCUT2D eigenvalue weighted by Gasteiger charge is 2.37. The number of hydrogen-bond acceptors (Lipinski definition) is 3. The maximum absolute atomic E-state index is 11.1. The molecule has 2 aromatic carbocycles. The van der Waals surface area contributed by atoms with E-state index in [0.29, 0.717) is 5.82 Å². The van der Waals surface area contributed by atoms with Crippen LogP contribution in [-0.2, 0) is 10.8 Å². The van der Waals surface area contributed by atoms with Gasteiger partial charge in [0, 0.05) is 18.0 Å². The average Bonchev–Trinajstić information content (AvgIpc) is 2.80. The van der Waals surface area contributed by atoms with Crippen LogP contribution in [0.1, 0.15) is 84.5 Å². The number of aromatic carboxylic acids is 1. The van der Waals surface area contributed by atoms with Gasteiger partial charge in [-0.05, 0) is 82.2 Å². The fraction of sp³-hybridized carbons (Fsp3) is 0.276. The number of aromatic nitrogens is 2. The minimum Gasteiger partial charge on any atom is -0.478 e. The van der Waals surface area contributed by atoms with Crippen molar-refractivity contribution in [2.45, 2.75) is 51.4 Å². The Morgan fingerprint density at radius 3 is 2.12 bits per heavy atom. The summed E-state index contributed by atoms with van der Waals surface area (Å²) in [4.78, 5) is 19.6. The van der Waals surface area contributed by atoms with Gasteiger partial charge in [0.15, 0.2) is 0 Å². The summed E-state index contributed by atoms with van der Waals surface area (Å²) in [5, 5.41) is 9.13. The minimum atomic E-state index is -0.925. The molecule has 0 saturated carbocycles. The normalized spacial score (nSPS) is 16.0. The summed E-state index contributed by atoms with van der Waals surface area (Å²) in [6.07, 6.45) is 9.71. The molecule has 1 aromatic heterocycles. The Balaban J connectivity index is 1.81. The third-order valence-corrected chi connectivity index (χ3v) is 6.51. The fourth-order valence-electron chi connectivity index (χ4n) is 4.29. The van der Waals surface area contributed by atoms with Crippen molar-refractivity contribution in [2.24, 2.45) is 0 Å². The smallest absolute Gasteiger partial charge is 0.335 e. The Hall–Kier alpha value is -3.71. The second-order valence-electron chi connectivity index (χ2n) is 9.84. The molecule has 0 spiro atoms. The van der Waals surface area contributed by atoms with Crippen LogP contribution >= 0.6 is 0 Å². The van der Waals surface area contributed by atoms with E-state index in [4.69, 9.17) is 5.11 Å². The van der Waals surface area contributed by atoms with Crippen molar-refractivity contribution < 1.29 is 9.90 Å². The van der Waals surface area contributed by atoms with Crippen LogP contribution in [0, 0.1) is 11.8 Å². The molecule has 4 heteroatoms. The number of benzene rings is 2. The fourth-order valence-corrected chi connectivity index (χ4v) is 4.29. The summed E-state index contributed by atoms with van der Waals surface area (Å²) in [5.41, 5.74) is 6.06. The second-order valence-corrected chi connectivity index (χ2v) is 9.84. The van der Waals surface area contributed by atoms with Gasteiger partial charge in [0.2, 0.25) is 5.82 Å². The van der Waals surface area contributed by atoms with Gasteiger partial charge in [0.1, 0.15) is 0 Å². The van der Waals surface area contributed by atoms with Gasteiger partial charge in [0.25, 0.3) is 0 Å². The van der Waals surface area contributed by atoms with Crippen LogP contribution in [-0.4, -0.2) is 21.0 Å². The lowest BCUT2D eigenvalue weighted by Gasteiger charge is -2.42. The van der Waals surface area contributed by atoms with E-state index < -0.39 is 5.97 Å². The van der Waals surface area contributed by atoms with Crippen molar-refractivity contribution in [3.63, 3.8) is 0 Å². The van der Waals surface area contributed by atoms with Crippen LogP contribution in [0.5, 0.6) is 0 Å². The highest BCUT2D eigenvalue weighted by molar-refractivity contribution is 5.88. The topological polar surface area (TPSA) is 63.1 Å². The van der Waals surface area contributed by atoms with Crippen molar-refractivity contribution in [1.29, 1.82) is 0 Å².